The number of aryl methyl sites for hydroxylation is 1. The minimum atomic E-state index is -0.0211. The highest BCUT2D eigenvalue weighted by atomic mass is 79.9. The fourth-order valence-electron chi connectivity index (χ4n) is 2.18. The van der Waals surface area contributed by atoms with E-state index in [1.165, 1.54) is 0 Å². The van der Waals surface area contributed by atoms with Gasteiger partial charge in [0, 0.05) is 24.1 Å². The van der Waals surface area contributed by atoms with Gasteiger partial charge in [-0.2, -0.15) is 0 Å². The highest BCUT2D eigenvalue weighted by molar-refractivity contribution is 9.10. The van der Waals surface area contributed by atoms with E-state index < -0.39 is 0 Å². The number of carbonyl (C=O) groups excluding carboxylic acids is 1. The van der Waals surface area contributed by atoms with E-state index in [0.29, 0.717) is 26.2 Å². The first-order valence-corrected chi connectivity index (χ1v) is 7.48. The number of hydrogen-bond donors (Lipinski definition) is 2. The summed E-state index contributed by atoms with van der Waals surface area (Å²) in [6.45, 7) is 4.96. The molecule has 1 heterocycles. The minimum Gasteiger partial charge on any atom is -0.374 e. The third kappa shape index (κ3) is 5.56. The van der Waals surface area contributed by atoms with E-state index in [9.17, 15) is 4.79 Å². The van der Waals surface area contributed by atoms with Gasteiger partial charge in [-0.1, -0.05) is 6.07 Å². The normalized spacial score (nSPS) is 18.9. The molecule has 1 fully saturated rings. The van der Waals surface area contributed by atoms with Crippen LogP contribution < -0.4 is 11.1 Å². The van der Waals surface area contributed by atoms with Crippen LogP contribution in [0.5, 0.6) is 0 Å². The molecule has 1 aliphatic heterocycles. The Hall–Kier alpha value is -0.660. The fraction of sp³-hybridized carbons (Fsp3) is 0.500. The van der Waals surface area contributed by atoms with Crippen molar-refractivity contribution in [1.29, 1.82) is 0 Å². The number of benzene rings is 1. The van der Waals surface area contributed by atoms with Crippen molar-refractivity contribution in [3.63, 3.8) is 0 Å². The van der Waals surface area contributed by atoms with Crippen LogP contribution in [0.2, 0.25) is 0 Å². The van der Waals surface area contributed by atoms with Gasteiger partial charge in [-0.25, -0.2) is 0 Å². The van der Waals surface area contributed by atoms with E-state index >= 15 is 0 Å². The van der Waals surface area contributed by atoms with Crippen LogP contribution in [0.1, 0.15) is 5.56 Å². The van der Waals surface area contributed by atoms with Gasteiger partial charge in [-0.15, -0.1) is 12.4 Å². The smallest absolute Gasteiger partial charge is 0.238 e. The summed E-state index contributed by atoms with van der Waals surface area (Å²) in [5.41, 5.74) is 7.54. The lowest BCUT2D eigenvalue weighted by Gasteiger charge is -2.31. The number of halogens is 2. The average molecular weight is 379 g/mol. The van der Waals surface area contributed by atoms with Gasteiger partial charge in [-0.3, -0.25) is 9.69 Å². The monoisotopic (exact) mass is 377 g/mol. The Kier molecular flexibility index (Phi) is 7.62. The summed E-state index contributed by atoms with van der Waals surface area (Å²) in [6.07, 6.45) is 0.0302. The molecule has 1 unspecified atom stereocenters. The van der Waals surface area contributed by atoms with Gasteiger partial charge in [-0.05, 0) is 40.5 Å². The van der Waals surface area contributed by atoms with Crippen LogP contribution in [0.3, 0.4) is 0 Å². The molecule has 3 N–H and O–H groups in total. The van der Waals surface area contributed by atoms with Crippen LogP contribution in [0.25, 0.3) is 0 Å². The van der Waals surface area contributed by atoms with Crippen LogP contribution in [0.15, 0.2) is 22.7 Å². The highest BCUT2D eigenvalue weighted by Gasteiger charge is 2.21. The summed E-state index contributed by atoms with van der Waals surface area (Å²) in [6, 6.07) is 5.85. The second kappa shape index (κ2) is 8.70. The molecule has 21 heavy (non-hydrogen) atoms. The van der Waals surface area contributed by atoms with Crippen LogP contribution in [0.4, 0.5) is 5.69 Å². The summed E-state index contributed by atoms with van der Waals surface area (Å²) in [7, 11) is 0. The van der Waals surface area contributed by atoms with Crippen molar-refractivity contribution in [3.8, 4) is 0 Å². The zero-order valence-electron chi connectivity index (χ0n) is 12.0. The zero-order valence-corrected chi connectivity index (χ0v) is 14.4. The molecule has 1 atom stereocenters. The van der Waals surface area contributed by atoms with E-state index in [1.807, 2.05) is 25.1 Å². The molecule has 1 aromatic rings. The number of nitrogens with two attached hydrogens (primary N) is 1. The molecule has 0 spiro atoms. The van der Waals surface area contributed by atoms with Crippen LogP contribution in [0, 0.1) is 6.92 Å². The van der Waals surface area contributed by atoms with E-state index in [4.69, 9.17) is 10.5 Å². The Morgan fingerprint density at radius 2 is 2.33 bits per heavy atom. The van der Waals surface area contributed by atoms with Crippen molar-refractivity contribution >= 4 is 39.9 Å². The molecule has 5 nitrogen and oxygen atoms in total. The topological polar surface area (TPSA) is 67.6 Å². The zero-order chi connectivity index (χ0) is 14.5. The van der Waals surface area contributed by atoms with Crippen LogP contribution in [-0.4, -0.2) is 49.7 Å². The maximum absolute atomic E-state index is 12.1. The molecule has 7 heteroatoms. The Bertz CT molecular complexity index is 487. The number of rotatable bonds is 4. The van der Waals surface area contributed by atoms with Gasteiger partial charge in [0.1, 0.15) is 0 Å². The molecule has 118 valence electrons. The summed E-state index contributed by atoms with van der Waals surface area (Å²) < 4.78 is 6.38. The molecule has 1 amide bonds. The molecular formula is C14H21BrClN3O2. The number of ether oxygens (including phenoxy) is 1. The molecule has 0 aromatic heterocycles. The SMILES string of the molecule is Cc1ccc(NC(=O)CN2CCOC(CN)C2)c(Br)c1.Cl. The summed E-state index contributed by atoms with van der Waals surface area (Å²) in [5, 5.41) is 2.92. The van der Waals surface area contributed by atoms with Gasteiger partial charge >= 0.3 is 0 Å². The third-order valence-electron chi connectivity index (χ3n) is 3.25. The van der Waals surface area contributed by atoms with Gasteiger partial charge in [0.15, 0.2) is 0 Å². The number of carbonyl (C=O) groups is 1. The first-order chi connectivity index (χ1) is 9.58. The number of nitrogens with one attached hydrogen (secondary N) is 1. The summed E-state index contributed by atoms with van der Waals surface area (Å²) in [4.78, 5) is 14.1. The van der Waals surface area contributed by atoms with Gasteiger partial charge in [0.25, 0.3) is 0 Å². The lowest BCUT2D eigenvalue weighted by molar-refractivity contribution is -0.119. The lowest BCUT2D eigenvalue weighted by atomic mass is 10.2. The van der Waals surface area contributed by atoms with Crippen molar-refractivity contribution in [3.05, 3.63) is 28.2 Å². The molecule has 2 rings (SSSR count). The molecule has 1 aromatic carbocycles. The van der Waals surface area contributed by atoms with E-state index in [2.05, 4.69) is 26.1 Å². The molecule has 1 saturated heterocycles. The van der Waals surface area contributed by atoms with Gasteiger partial charge in [0.2, 0.25) is 5.91 Å². The van der Waals surface area contributed by atoms with Crippen LogP contribution >= 0.6 is 28.3 Å². The van der Waals surface area contributed by atoms with Crippen molar-refractivity contribution in [2.45, 2.75) is 13.0 Å². The second-order valence-corrected chi connectivity index (χ2v) is 5.85. The lowest BCUT2D eigenvalue weighted by Crippen LogP contribution is -2.48. The Labute approximate surface area is 139 Å². The van der Waals surface area contributed by atoms with Gasteiger partial charge in [0.05, 0.1) is 24.9 Å². The molecule has 0 saturated carbocycles. The predicted molar refractivity (Wildman–Crippen MR) is 90.0 cm³/mol. The Balaban J connectivity index is 0.00000220. The first-order valence-electron chi connectivity index (χ1n) is 6.68. The standard InChI is InChI=1S/C14H20BrN3O2.ClH/c1-10-2-3-13(12(15)6-10)17-14(19)9-18-4-5-20-11(7-16)8-18;/h2-3,6,11H,4-5,7-9,16H2,1H3,(H,17,19);1H. The van der Waals surface area contributed by atoms with Crippen molar-refractivity contribution in [1.82, 2.24) is 4.90 Å². The maximum atomic E-state index is 12.1. The average Bonchev–Trinajstić information content (AvgIpc) is 2.42. The Morgan fingerprint density at radius 3 is 3.00 bits per heavy atom. The second-order valence-electron chi connectivity index (χ2n) is 5.00. The van der Waals surface area contributed by atoms with Crippen LogP contribution in [-0.2, 0) is 9.53 Å². The van der Waals surface area contributed by atoms with Crippen molar-refractivity contribution in [2.75, 3.05) is 38.1 Å². The number of nitrogens with zero attached hydrogens (tertiary/aromatic N) is 1. The molecule has 0 radical (unpaired) electrons. The maximum Gasteiger partial charge on any atom is 0.238 e. The third-order valence-corrected chi connectivity index (χ3v) is 3.91. The molecule has 0 bridgehead atoms. The summed E-state index contributed by atoms with van der Waals surface area (Å²) >= 11 is 3.46. The van der Waals surface area contributed by atoms with Crippen molar-refractivity contribution < 1.29 is 9.53 Å². The number of anilines is 1. The van der Waals surface area contributed by atoms with Crippen molar-refractivity contribution in [2.24, 2.45) is 5.73 Å². The van der Waals surface area contributed by atoms with E-state index in [0.717, 1.165) is 22.3 Å². The minimum absolute atomic E-state index is 0. The number of amides is 1. The molecular weight excluding hydrogens is 358 g/mol. The summed E-state index contributed by atoms with van der Waals surface area (Å²) in [5.74, 6) is -0.0211. The molecule has 0 aliphatic carbocycles. The highest BCUT2D eigenvalue weighted by Crippen LogP contribution is 2.23. The molecule has 1 aliphatic rings. The largest absolute Gasteiger partial charge is 0.374 e. The Morgan fingerprint density at radius 1 is 1.57 bits per heavy atom. The number of morpholine rings is 1. The first kappa shape index (κ1) is 18.4. The number of hydrogen-bond acceptors (Lipinski definition) is 4. The quantitative estimate of drug-likeness (QED) is 0.838. The van der Waals surface area contributed by atoms with E-state index in [-0.39, 0.29) is 24.4 Å². The fourth-order valence-corrected chi connectivity index (χ4v) is 2.77. The van der Waals surface area contributed by atoms with Gasteiger partial charge < -0.3 is 15.8 Å². The van der Waals surface area contributed by atoms with E-state index in [1.54, 1.807) is 0 Å². The predicted octanol–water partition coefficient (Wildman–Crippen LogP) is 1.78.